The van der Waals surface area contributed by atoms with E-state index < -0.39 is 0 Å². The first-order valence-electron chi connectivity index (χ1n) is 8.33. The van der Waals surface area contributed by atoms with Gasteiger partial charge in [0.25, 0.3) is 0 Å². The molecule has 1 saturated heterocycles. The zero-order valence-electron chi connectivity index (χ0n) is 14.3. The van der Waals surface area contributed by atoms with Gasteiger partial charge in [-0.2, -0.15) is 0 Å². The van der Waals surface area contributed by atoms with Crippen molar-refractivity contribution < 1.29 is 9.47 Å². The van der Waals surface area contributed by atoms with Gasteiger partial charge in [0, 0.05) is 24.5 Å². The number of morpholine rings is 1. The van der Waals surface area contributed by atoms with Crippen molar-refractivity contribution in [2.24, 2.45) is 0 Å². The van der Waals surface area contributed by atoms with Crippen molar-refractivity contribution in [2.75, 3.05) is 38.3 Å². The summed E-state index contributed by atoms with van der Waals surface area (Å²) in [6.07, 6.45) is 0. The predicted octanol–water partition coefficient (Wildman–Crippen LogP) is 3.83. The second kappa shape index (κ2) is 6.58. The Labute approximate surface area is 151 Å². The molecule has 0 atom stereocenters. The maximum absolute atomic E-state index is 6.32. The molecule has 1 fully saturated rings. The number of benzene rings is 2. The van der Waals surface area contributed by atoms with Crippen molar-refractivity contribution in [3.63, 3.8) is 0 Å². The molecule has 25 heavy (non-hydrogen) atoms. The predicted molar refractivity (Wildman–Crippen MR) is 100 cm³/mol. The molecule has 1 aromatic heterocycles. The van der Waals surface area contributed by atoms with Gasteiger partial charge in [0.1, 0.15) is 11.6 Å². The lowest BCUT2D eigenvalue weighted by atomic mass is 10.2. The van der Waals surface area contributed by atoms with Gasteiger partial charge in [0.05, 0.1) is 36.4 Å². The lowest BCUT2D eigenvalue weighted by molar-refractivity contribution is 0.122. The van der Waals surface area contributed by atoms with Gasteiger partial charge in [-0.15, -0.1) is 0 Å². The molecule has 0 saturated carbocycles. The Kier molecular flexibility index (Phi) is 4.27. The number of hydrogen-bond donors (Lipinski definition) is 0. The molecule has 2 heterocycles. The molecule has 1 aliphatic rings. The van der Waals surface area contributed by atoms with Crippen molar-refractivity contribution >= 4 is 28.3 Å². The third-order valence-corrected chi connectivity index (χ3v) is 4.87. The molecule has 0 spiro atoms. The van der Waals surface area contributed by atoms with Crippen LogP contribution in [-0.4, -0.2) is 43.0 Å². The molecular formula is C19H20ClN3O2. The first-order chi connectivity index (χ1) is 12.2. The molecule has 1 aliphatic heterocycles. The summed E-state index contributed by atoms with van der Waals surface area (Å²) in [6, 6.07) is 12.2. The molecule has 4 rings (SSSR count). The van der Waals surface area contributed by atoms with Crippen molar-refractivity contribution in [1.29, 1.82) is 0 Å². The molecule has 0 N–H and O–H groups in total. The second-order valence-corrected chi connectivity index (χ2v) is 6.49. The molecule has 5 nitrogen and oxygen atoms in total. The fourth-order valence-corrected chi connectivity index (χ4v) is 3.57. The number of hydrogen-bond acceptors (Lipinski definition) is 4. The molecule has 0 bridgehead atoms. The Morgan fingerprint density at radius 2 is 1.84 bits per heavy atom. The number of aromatic nitrogens is 2. The molecule has 0 aliphatic carbocycles. The van der Waals surface area contributed by atoms with Crippen molar-refractivity contribution in [2.45, 2.75) is 6.92 Å². The Bertz CT molecular complexity index is 916. The van der Waals surface area contributed by atoms with E-state index in [1.807, 2.05) is 25.1 Å². The number of aryl methyl sites for hydroxylation is 1. The Morgan fingerprint density at radius 3 is 2.56 bits per heavy atom. The van der Waals surface area contributed by atoms with Crippen LogP contribution in [0.5, 0.6) is 5.75 Å². The van der Waals surface area contributed by atoms with Gasteiger partial charge < -0.3 is 14.4 Å². The number of fused-ring (bicyclic) bond motifs is 1. The molecular weight excluding hydrogens is 338 g/mol. The van der Waals surface area contributed by atoms with Crippen LogP contribution in [0.15, 0.2) is 36.4 Å². The smallest absolute Gasteiger partial charge is 0.137 e. The lowest BCUT2D eigenvalue weighted by Crippen LogP contribution is -2.36. The molecule has 0 radical (unpaired) electrons. The van der Waals surface area contributed by atoms with Crippen LogP contribution in [-0.2, 0) is 4.74 Å². The maximum Gasteiger partial charge on any atom is 0.137 e. The zero-order valence-corrected chi connectivity index (χ0v) is 15.1. The van der Waals surface area contributed by atoms with Crippen LogP contribution in [0.25, 0.3) is 16.7 Å². The monoisotopic (exact) mass is 357 g/mol. The van der Waals surface area contributed by atoms with Gasteiger partial charge in [-0.3, -0.25) is 4.57 Å². The summed E-state index contributed by atoms with van der Waals surface area (Å²) in [5.74, 6) is 1.59. The molecule has 6 heteroatoms. The summed E-state index contributed by atoms with van der Waals surface area (Å²) in [7, 11) is 1.62. The van der Waals surface area contributed by atoms with Gasteiger partial charge in [0.2, 0.25) is 0 Å². The average Bonchev–Trinajstić information content (AvgIpc) is 2.97. The van der Waals surface area contributed by atoms with Crippen LogP contribution >= 0.6 is 11.6 Å². The number of ether oxygens (including phenoxy) is 2. The highest BCUT2D eigenvalue weighted by molar-refractivity contribution is 6.32. The number of rotatable bonds is 3. The van der Waals surface area contributed by atoms with Gasteiger partial charge in [-0.25, -0.2) is 4.98 Å². The second-order valence-electron chi connectivity index (χ2n) is 6.09. The molecule has 0 amide bonds. The van der Waals surface area contributed by atoms with Gasteiger partial charge in [0.15, 0.2) is 0 Å². The van der Waals surface area contributed by atoms with Crippen LogP contribution < -0.4 is 9.64 Å². The molecule has 2 aromatic carbocycles. The number of halogens is 1. The van der Waals surface area contributed by atoms with E-state index in [9.17, 15) is 0 Å². The maximum atomic E-state index is 6.32. The fourth-order valence-electron chi connectivity index (χ4n) is 3.32. The van der Waals surface area contributed by atoms with Crippen LogP contribution in [0.3, 0.4) is 0 Å². The van der Waals surface area contributed by atoms with E-state index in [0.717, 1.165) is 48.8 Å². The van der Waals surface area contributed by atoms with E-state index in [4.69, 9.17) is 26.1 Å². The van der Waals surface area contributed by atoms with E-state index in [1.54, 1.807) is 7.11 Å². The Morgan fingerprint density at radius 1 is 1.08 bits per heavy atom. The standard InChI is InChI=1S/C19H20ClN3O2/c1-13-21-17-5-3-14(22-7-9-25-10-8-22)12-18(17)23(13)15-4-6-19(24-2)16(20)11-15/h3-6,11-12H,7-10H2,1-2H3. The summed E-state index contributed by atoms with van der Waals surface area (Å²) < 4.78 is 12.8. The van der Waals surface area contributed by atoms with Gasteiger partial charge in [-0.1, -0.05) is 11.6 Å². The minimum atomic E-state index is 0.589. The fraction of sp³-hybridized carbons (Fsp3) is 0.316. The normalized spacial score (nSPS) is 14.9. The third-order valence-electron chi connectivity index (χ3n) is 4.58. The summed E-state index contributed by atoms with van der Waals surface area (Å²) in [5, 5.41) is 0.589. The van der Waals surface area contributed by atoms with Crippen LogP contribution in [0, 0.1) is 6.92 Å². The average molecular weight is 358 g/mol. The third kappa shape index (κ3) is 2.94. The number of methoxy groups -OCH3 is 1. The Hall–Kier alpha value is -2.24. The number of imidazole rings is 1. The molecule has 3 aromatic rings. The van der Waals surface area contributed by atoms with E-state index in [-0.39, 0.29) is 0 Å². The highest BCUT2D eigenvalue weighted by Crippen LogP contribution is 2.31. The first kappa shape index (κ1) is 16.2. The van der Waals surface area contributed by atoms with Crippen molar-refractivity contribution in [3.8, 4) is 11.4 Å². The number of nitrogens with zero attached hydrogens (tertiary/aromatic N) is 3. The van der Waals surface area contributed by atoms with Gasteiger partial charge >= 0.3 is 0 Å². The highest BCUT2D eigenvalue weighted by Gasteiger charge is 2.15. The quantitative estimate of drug-likeness (QED) is 0.714. The Balaban J connectivity index is 1.82. The number of anilines is 1. The van der Waals surface area contributed by atoms with Crippen LogP contribution in [0.1, 0.15) is 5.82 Å². The molecule has 130 valence electrons. The highest BCUT2D eigenvalue weighted by atomic mass is 35.5. The first-order valence-corrected chi connectivity index (χ1v) is 8.71. The molecule has 0 unspecified atom stereocenters. The summed E-state index contributed by atoms with van der Waals surface area (Å²) in [6.45, 7) is 5.36. The van der Waals surface area contributed by atoms with E-state index in [0.29, 0.717) is 10.8 Å². The summed E-state index contributed by atoms with van der Waals surface area (Å²) >= 11 is 6.32. The van der Waals surface area contributed by atoms with Gasteiger partial charge in [-0.05, 0) is 43.3 Å². The van der Waals surface area contributed by atoms with E-state index in [2.05, 4.69) is 27.7 Å². The van der Waals surface area contributed by atoms with E-state index in [1.165, 1.54) is 5.69 Å². The van der Waals surface area contributed by atoms with Crippen molar-refractivity contribution in [3.05, 3.63) is 47.2 Å². The van der Waals surface area contributed by atoms with E-state index >= 15 is 0 Å². The minimum Gasteiger partial charge on any atom is -0.495 e. The largest absolute Gasteiger partial charge is 0.495 e. The summed E-state index contributed by atoms with van der Waals surface area (Å²) in [5.41, 5.74) is 4.21. The topological polar surface area (TPSA) is 39.5 Å². The van der Waals surface area contributed by atoms with Crippen LogP contribution in [0.4, 0.5) is 5.69 Å². The van der Waals surface area contributed by atoms with Crippen LogP contribution in [0.2, 0.25) is 5.02 Å². The zero-order chi connectivity index (χ0) is 17.4. The lowest BCUT2D eigenvalue weighted by Gasteiger charge is -2.28. The van der Waals surface area contributed by atoms with Crippen molar-refractivity contribution in [1.82, 2.24) is 9.55 Å². The SMILES string of the molecule is COc1ccc(-n2c(C)nc3ccc(N4CCOCC4)cc32)cc1Cl. The summed E-state index contributed by atoms with van der Waals surface area (Å²) in [4.78, 5) is 7.04. The minimum absolute atomic E-state index is 0.589.